The molecule has 3 rings (SSSR count). The van der Waals surface area contributed by atoms with Crippen molar-refractivity contribution in [3.05, 3.63) is 59.9 Å². The predicted octanol–water partition coefficient (Wildman–Crippen LogP) is 2.10. The third kappa shape index (κ3) is 4.34. The normalized spacial score (nSPS) is 15.1. The van der Waals surface area contributed by atoms with Crippen LogP contribution < -0.4 is 4.90 Å². The van der Waals surface area contributed by atoms with Gasteiger partial charge in [-0.2, -0.15) is 4.31 Å². The number of rotatable bonds is 5. The fourth-order valence-electron chi connectivity index (χ4n) is 3.17. The Bertz CT molecular complexity index is 939. The van der Waals surface area contributed by atoms with Crippen molar-refractivity contribution in [3.8, 4) is 0 Å². The molecule has 0 aromatic heterocycles. The van der Waals surface area contributed by atoms with Crippen molar-refractivity contribution >= 4 is 21.6 Å². The molecule has 1 amide bonds. The van der Waals surface area contributed by atoms with Gasteiger partial charge < -0.3 is 9.80 Å². The van der Waals surface area contributed by atoms with E-state index in [9.17, 15) is 17.6 Å². The quantitative estimate of drug-likeness (QED) is 0.765. The van der Waals surface area contributed by atoms with Gasteiger partial charge in [0.05, 0.1) is 17.1 Å². The molecular weight excluding hydrogens is 381 g/mol. The Balaban J connectivity index is 1.59. The zero-order valence-corrected chi connectivity index (χ0v) is 16.8. The Morgan fingerprint density at radius 2 is 1.64 bits per heavy atom. The third-order valence-electron chi connectivity index (χ3n) is 4.91. The Morgan fingerprint density at radius 1 is 1.04 bits per heavy atom. The van der Waals surface area contributed by atoms with Crippen LogP contribution in [0.1, 0.15) is 5.56 Å². The van der Waals surface area contributed by atoms with E-state index in [1.165, 1.54) is 13.1 Å². The van der Waals surface area contributed by atoms with E-state index in [-0.39, 0.29) is 23.2 Å². The molecule has 1 saturated heterocycles. The molecule has 6 nitrogen and oxygen atoms in total. The molecule has 0 saturated carbocycles. The van der Waals surface area contributed by atoms with E-state index in [0.717, 1.165) is 9.87 Å². The number of carbonyl (C=O) groups excluding carboxylic acids is 1. The molecule has 150 valence electrons. The van der Waals surface area contributed by atoms with E-state index < -0.39 is 10.0 Å². The first-order valence-corrected chi connectivity index (χ1v) is 10.5. The molecule has 8 heteroatoms. The first kappa shape index (κ1) is 20.3. The lowest BCUT2D eigenvalue weighted by atomic mass is 10.2. The van der Waals surface area contributed by atoms with Gasteiger partial charge in [0.25, 0.3) is 0 Å². The first-order chi connectivity index (χ1) is 13.3. The number of amides is 1. The molecule has 1 fully saturated rings. The van der Waals surface area contributed by atoms with Crippen LogP contribution in [0.5, 0.6) is 0 Å². The highest BCUT2D eigenvalue weighted by Gasteiger charge is 2.27. The number of para-hydroxylation sites is 1. The Kier molecular flexibility index (Phi) is 6.00. The number of hydrogen-bond acceptors (Lipinski definition) is 4. The van der Waals surface area contributed by atoms with E-state index >= 15 is 0 Å². The molecule has 0 spiro atoms. The van der Waals surface area contributed by atoms with Crippen LogP contribution in [-0.4, -0.2) is 63.3 Å². The van der Waals surface area contributed by atoms with Crippen molar-refractivity contribution in [2.75, 3.05) is 44.7 Å². The van der Waals surface area contributed by atoms with Crippen molar-refractivity contribution in [2.45, 2.75) is 11.8 Å². The number of likely N-dealkylation sites (N-methyl/N-ethyl adjacent to an activating group) is 1. The van der Waals surface area contributed by atoms with Crippen LogP contribution in [0.25, 0.3) is 0 Å². The van der Waals surface area contributed by atoms with Crippen LogP contribution in [-0.2, 0) is 14.8 Å². The van der Waals surface area contributed by atoms with Gasteiger partial charge in [-0.1, -0.05) is 29.8 Å². The van der Waals surface area contributed by atoms with Gasteiger partial charge in [0.15, 0.2) is 0 Å². The summed E-state index contributed by atoms with van der Waals surface area (Å²) in [6.07, 6.45) is 0. The lowest BCUT2D eigenvalue weighted by Gasteiger charge is -2.36. The molecule has 0 bridgehead atoms. The molecule has 28 heavy (non-hydrogen) atoms. The summed E-state index contributed by atoms with van der Waals surface area (Å²) in [5, 5.41) is 0. The molecule has 0 N–H and O–H groups in total. The van der Waals surface area contributed by atoms with Gasteiger partial charge in [0.2, 0.25) is 15.9 Å². The number of carbonyl (C=O) groups is 1. The third-order valence-corrected chi connectivity index (χ3v) is 6.73. The SMILES string of the molecule is Cc1ccc(S(=O)(=O)N(C)CC(=O)N2CCN(c3ccccc3F)CC2)cc1. The first-order valence-electron chi connectivity index (χ1n) is 9.09. The molecule has 2 aromatic carbocycles. The van der Waals surface area contributed by atoms with Crippen molar-refractivity contribution in [2.24, 2.45) is 0 Å². The number of aryl methyl sites for hydroxylation is 1. The van der Waals surface area contributed by atoms with Crippen LogP contribution in [0.4, 0.5) is 10.1 Å². The number of benzene rings is 2. The Hall–Kier alpha value is -2.45. The van der Waals surface area contributed by atoms with Gasteiger partial charge in [-0.3, -0.25) is 4.79 Å². The topological polar surface area (TPSA) is 60.9 Å². The van der Waals surface area contributed by atoms with E-state index in [2.05, 4.69) is 0 Å². The van der Waals surface area contributed by atoms with Gasteiger partial charge in [0, 0.05) is 33.2 Å². The largest absolute Gasteiger partial charge is 0.366 e. The van der Waals surface area contributed by atoms with Gasteiger partial charge in [-0.05, 0) is 31.2 Å². The van der Waals surface area contributed by atoms with Gasteiger partial charge in [-0.25, -0.2) is 12.8 Å². The monoisotopic (exact) mass is 405 g/mol. The number of halogens is 1. The van der Waals surface area contributed by atoms with Crippen molar-refractivity contribution in [3.63, 3.8) is 0 Å². The van der Waals surface area contributed by atoms with Crippen molar-refractivity contribution in [1.29, 1.82) is 0 Å². The average Bonchev–Trinajstić information content (AvgIpc) is 2.69. The maximum atomic E-state index is 13.9. The highest BCUT2D eigenvalue weighted by Crippen LogP contribution is 2.20. The minimum Gasteiger partial charge on any atom is -0.366 e. The summed E-state index contributed by atoms with van der Waals surface area (Å²) >= 11 is 0. The summed E-state index contributed by atoms with van der Waals surface area (Å²) in [5.74, 6) is -0.544. The van der Waals surface area contributed by atoms with Crippen molar-refractivity contribution in [1.82, 2.24) is 9.21 Å². The van der Waals surface area contributed by atoms with Crippen molar-refractivity contribution < 1.29 is 17.6 Å². The Morgan fingerprint density at radius 3 is 2.25 bits per heavy atom. The molecule has 0 atom stereocenters. The maximum Gasteiger partial charge on any atom is 0.243 e. The zero-order valence-electron chi connectivity index (χ0n) is 16.0. The number of nitrogens with zero attached hydrogens (tertiary/aromatic N) is 3. The van der Waals surface area contributed by atoms with Gasteiger partial charge in [-0.15, -0.1) is 0 Å². The molecule has 0 aliphatic carbocycles. The van der Waals surface area contributed by atoms with E-state index in [0.29, 0.717) is 31.9 Å². The minimum atomic E-state index is -3.72. The molecule has 1 heterocycles. The summed E-state index contributed by atoms with van der Waals surface area (Å²) < 4.78 is 40.3. The zero-order chi connectivity index (χ0) is 20.3. The molecule has 0 radical (unpaired) electrons. The second kappa shape index (κ2) is 8.28. The fraction of sp³-hybridized carbons (Fsp3) is 0.350. The summed E-state index contributed by atoms with van der Waals surface area (Å²) in [6.45, 7) is 3.50. The molecule has 1 aliphatic heterocycles. The average molecular weight is 405 g/mol. The van der Waals surface area contributed by atoms with Crippen LogP contribution in [0, 0.1) is 12.7 Å². The standard InChI is InChI=1S/C20H24FN3O3S/c1-16-7-9-17(10-8-16)28(26,27)22(2)15-20(25)24-13-11-23(12-14-24)19-6-4-3-5-18(19)21/h3-10H,11-15H2,1-2H3. The van der Waals surface area contributed by atoms with Gasteiger partial charge in [0.1, 0.15) is 5.82 Å². The van der Waals surface area contributed by atoms with Gasteiger partial charge >= 0.3 is 0 Å². The molecule has 2 aromatic rings. The predicted molar refractivity (Wildman–Crippen MR) is 106 cm³/mol. The summed E-state index contributed by atoms with van der Waals surface area (Å²) in [5.41, 5.74) is 1.49. The van der Waals surface area contributed by atoms with Crippen LogP contribution >= 0.6 is 0 Å². The van der Waals surface area contributed by atoms with Crippen LogP contribution in [0.2, 0.25) is 0 Å². The summed E-state index contributed by atoms with van der Waals surface area (Å²) in [7, 11) is -2.32. The number of anilines is 1. The second-order valence-corrected chi connectivity index (χ2v) is 8.94. The molecule has 0 unspecified atom stereocenters. The number of sulfonamides is 1. The van der Waals surface area contributed by atoms with E-state index in [4.69, 9.17) is 0 Å². The number of piperazine rings is 1. The van der Waals surface area contributed by atoms with E-state index in [1.54, 1.807) is 47.4 Å². The lowest BCUT2D eigenvalue weighted by Crippen LogP contribution is -2.51. The van der Waals surface area contributed by atoms with Crippen LogP contribution in [0.3, 0.4) is 0 Å². The highest BCUT2D eigenvalue weighted by molar-refractivity contribution is 7.89. The van der Waals surface area contributed by atoms with Crippen LogP contribution in [0.15, 0.2) is 53.4 Å². The molecule has 1 aliphatic rings. The smallest absolute Gasteiger partial charge is 0.243 e. The lowest BCUT2D eigenvalue weighted by molar-refractivity contribution is -0.131. The molecular formula is C20H24FN3O3S. The number of hydrogen-bond donors (Lipinski definition) is 0. The highest BCUT2D eigenvalue weighted by atomic mass is 32.2. The Labute approximate surface area is 165 Å². The van der Waals surface area contributed by atoms with E-state index in [1.807, 2.05) is 11.8 Å². The maximum absolute atomic E-state index is 13.9. The summed E-state index contributed by atoms with van der Waals surface area (Å²) in [4.78, 5) is 16.3. The fourth-order valence-corrected chi connectivity index (χ4v) is 4.29. The summed E-state index contributed by atoms with van der Waals surface area (Å²) in [6, 6.07) is 13.1. The minimum absolute atomic E-state index is 0.165. The second-order valence-electron chi connectivity index (χ2n) is 6.89.